The lowest BCUT2D eigenvalue weighted by molar-refractivity contribution is -0.139. The van der Waals surface area contributed by atoms with Crippen LogP contribution in [-0.4, -0.2) is 63.7 Å². The standard InChI is InChI=1S/C25H32BrN3O6S/c1-4-5-12-27-25(31)18(2)28(16-19-6-8-20(26)9-7-19)24(30)17-29(36(3,32)33)21-10-11-22-23(15-21)35-14-13-34-22/h6-11,15,18H,4-5,12-14,16-17H2,1-3H3,(H,27,31)/t18-/m0/s1. The number of sulfonamides is 1. The zero-order valence-electron chi connectivity index (χ0n) is 20.7. The average molecular weight is 583 g/mol. The number of halogens is 1. The molecule has 1 atom stereocenters. The van der Waals surface area contributed by atoms with E-state index in [0.717, 1.165) is 33.4 Å². The van der Waals surface area contributed by atoms with Gasteiger partial charge in [-0.15, -0.1) is 0 Å². The Kier molecular flexibility index (Phi) is 9.61. The summed E-state index contributed by atoms with van der Waals surface area (Å²) in [6, 6.07) is 11.3. The first-order chi connectivity index (χ1) is 17.1. The Morgan fingerprint density at radius 1 is 1.08 bits per heavy atom. The number of carbonyl (C=O) groups excluding carboxylic acids is 2. The second-order valence-corrected chi connectivity index (χ2v) is 11.4. The third-order valence-corrected chi connectivity index (χ3v) is 7.43. The Morgan fingerprint density at radius 3 is 2.39 bits per heavy atom. The van der Waals surface area contributed by atoms with Crippen LogP contribution in [0.15, 0.2) is 46.9 Å². The molecule has 36 heavy (non-hydrogen) atoms. The van der Waals surface area contributed by atoms with Crippen molar-refractivity contribution in [2.24, 2.45) is 0 Å². The first kappa shape index (κ1) is 27.8. The number of fused-ring (bicyclic) bond motifs is 1. The number of rotatable bonds is 11. The molecular formula is C25H32BrN3O6S. The summed E-state index contributed by atoms with van der Waals surface area (Å²) in [6.07, 6.45) is 2.79. The highest BCUT2D eigenvalue weighted by Gasteiger charge is 2.30. The molecule has 3 rings (SSSR count). The van der Waals surface area contributed by atoms with E-state index in [1.165, 1.54) is 4.90 Å². The van der Waals surface area contributed by atoms with Crippen molar-refractivity contribution in [3.8, 4) is 11.5 Å². The van der Waals surface area contributed by atoms with Crippen LogP contribution >= 0.6 is 15.9 Å². The zero-order valence-corrected chi connectivity index (χ0v) is 23.1. The minimum Gasteiger partial charge on any atom is -0.486 e. The number of hydrogen-bond donors (Lipinski definition) is 1. The molecule has 2 aromatic rings. The summed E-state index contributed by atoms with van der Waals surface area (Å²) in [4.78, 5) is 27.8. The van der Waals surface area contributed by atoms with Gasteiger partial charge in [-0.05, 0) is 43.2 Å². The number of unbranched alkanes of at least 4 members (excludes halogenated alkanes) is 1. The molecule has 0 saturated heterocycles. The van der Waals surface area contributed by atoms with Crippen LogP contribution in [0.25, 0.3) is 0 Å². The molecule has 0 aliphatic carbocycles. The number of benzene rings is 2. The van der Waals surface area contributed by atoms with E-state index in [2.05, 4.69) is 21.2 Å². The summed E-state index contributed by atoms with van der Waals surface area (Å²) < 4.78 is 38.5. The Bertz CT molecular complexity index is 1170. The molecule has 0 fully saturated rings. The van der Waals surface area contributed by atoms with Gasteiger partial charge in [0.15, 0.2) is 11.5 Å². The summed E-state index contributed by atoms with van der Waals surface area (Å²) in [5.74, 6) is 0.129. The molecule has 2 aromatic carbocycles. The molecule has 11 heteroatoms. The van der Waals surface area contributed by atoms with Gasteiger partial charge in [0, 0.05) is 23.6 Å². The molecular weight excluding hydrogens is 550 g/mol. The van der Waals surface area contributed by atoms with Gasteiger partial charge in [-0.25, -0.2) is 8.42 Å². The summed E-state index contributed by atoms with van der Waals surface area (Å²) in [6.45, 7) is 4.61. The Balaban J connectivity index is 1.88. The van der Waals surface area contributed by atoms with Gasteiger partial charge in [0.25, 0.3) is 0 Å². The molecule has 0 radical (unpaired) electrons. The molecule has 1 N–H and O–H groups in total. The first-order valence-corrected chi connectivity index (χ1v) is 14.4. The molecule has 0 aromatic heterocycles. The lowest BCUT2D eigenvalue weighted by Crippen LogP contribution is -2.51. The Labute approximate surface area is 220 Å². The molecule has 9 nitrogen and oxygen atoms in total. The molecule has 2 amide bonds. The van der Waals surface area contributed by atoms with Gasteiger partial charge in [0.2, 0.25) is 21.8 Å². The maximum absolute atomic E-state index is 13.6. The summed E-state index contributed by atoms with van der Waals surface area (Å²) in [5, 5.41) is 2.86. The maximum atomic E-state index is 13.6. The number of amides is 2. The van der Waals surface area contributed by atoms with Gasteiger partial charge >= 0.3 is 0 Å². The normalized spacial score (nSPS) is 13.6. The number of carbonyl (C=O) groups is 2. The fourth-order valence-electron chi connectivity index (χ4n) is 3.71. The molecule has 0 spiro atoms. The molecule has 196 valence electrons. The molecule has 1 aliphatic rings. The number of hydrogen-bond acceptors (Lipinski definition) is 6. The molecule has 0 bridgehead atoms. The second-order valence-electron chi connectivity index (χ2n) is 8.57. The van der Waals surface area contributed by atoms with Crippen molar-refractivity contribution in [1.82, 2.24) is 10.2 Å². The van der Waals surface area contributed by atoms with Crippen LogP contribution in [0, 0.1) is 0 Å². The summed E-state index contributed by atoms with van der Waals surface area (Å²) in [5.41, 5.74) is 1.09. The predicted octanol–water partition coefficient (Wildman–Crippen LogP) is 3.32. The van der Waals surface area contributed by atoms with Gasteiger partial charge in [-0.3, -0.25) is 13.9 Å². The van der Waals surface area contributed by atoms with Crippen molar-refractivity contribution < 1.29 is 27.5 Å². The molecule has 0 saturated carbocycles. The smallest absolute Gasteiger partial charge is 0.244 e. The number of nitrogens with one attached hydrogen (secondary N) is 1. The Morgan fingerprint density at radius 2 is 1.75 bits per heavy atom. The number of nitrogens with zero attached hydrogens (tertiary/aromatic N) is 2. The van der Waals surface area contributed by atoms with E-state index >= 15 is 0 Å². The van der Waals surface area contributed by atoms with Gasteiger partial charge in [-0.1, -0.05) is 41.4 Å². The maximum Gasteiger partial charge on any atom is 0.244 e. The highest BCUT2D eigenvalue weighted by atomic mass is 79.9. The van der Waals surface area contributed by atoms with E-state index in [0.29, 0.717) is 31.3 Å². The highest BCUT2D eigenvalue weighted by molar-refractivity contribution is 9.10. The van der Waals surface area contributed by atoms with Gasteiger partial charge in [0.05, 0.1) is 11.9 Å². The highest BCUT2D eigenvalue weighted by Crippen LogP contribution is 2.34. The Hall–Kier alpha value is -2.79. The SMILES string of the molecule is CCCCNC(=O)[C@H](C)N(Cc1ccc(Br)cc1)C(=O)CN(c1ccc2c(c1)OCCO2)S(C)(=O)=O. The predicted molar refractivity (Wildman–Crippen MR) is 142 cm³/mol. The first-order valence-electron chi connectivity index (χ1n) is 11.8. The van der Waals surface area contributed by atoms with Crippen LogP contribution in [0.1, 0.15) is 32.3 Å². The zero-order chi connectivity index (χ0) is 26.3. The molecule has 0 unspecified atom stereocenters. The second kappa shape index (κ2) is 12.4. The van der Waals surface area contributed by atoms with Crippen molar-refractivity contribution in [2.45, 2.75) is 39.3 Å². The lowest BCUT2D eigenvalue weighted by Gasteiger charge is -2.31. The van der Waals surface area contributed by atoms with Crippen LogP contribution in [0.3, 0.4) is 0 Å². The molecule has 1 aliphatic heterocycles. The third-order valence-electron chi connectivity index (χ3n) is 5.76. The van der Waals surface area contributed by atoms with Gasteiger partial charge < -0.3 is 19.7 Å². The van der Waals surface area contributed by atoms with Crippen molar-refractivity contribution in [2.75, 3.05) is 36.9 Å². The van der Waals surface area contributed by atoms with Crippen LogP contribution in [0.4, 0.5) is 5.69 Å². The number of ether oxygens (including phenoxy) is 2. The van der Waals surface area contributed by atoms with E-state index in [-0.39, 0.29) is 18.1 Å². The summed E-state index contributed by atoms with van der Waals surface area (Å²) >= 11 is 3.40. The van der Waals surface area contributed by atoms with Crippen molar-refractivity contribution in [3.63, 3.8) is 0 Å². The topological polar surface area (TPSA) is 105 Å². The third kappa shape index (κ3) is 7.36. The quantitative estimate of drug-likeness (QED) is 0.408. The van der Waals surface area contributed by atoms with Crippen LogP contribution in [0.5, 0.6) is 11.5 Å². The lowest BCUT2D eigenvalue weighted by atomic mass is 10.1. The molecule has 1 heterocycles. The monoisotopic (exact) mass is 581 g/mol. The fourth-order valence-corrected chi connectivity index (χ4v) is 4.81. The van der Waals surface area contributed by atoms with E-state index in [1.807, 2.05) is 31.2 Å². The van der Waals surface area contributed by atoms with Crippen LogP contribution < -0.4 is 19.1 Å². The van der Waals surface area contributed by atoms with Gasteiger partial charge in [-0.2, -0.15) is 0 Å². The van der Waals surface area contributed by atoms with Crippen molar-refractivity contribution >= 4 is 43.5 Å². The minimum absolute atomic E-state index is 0.146. The van der Waals surface area contributed by atoms with E-state index in [1.54, 1.807) is 25.1 Å². The minimum atomic E-state index is -3.83. The average Bonchev–Trinajstić information content (AvgIpc) is 2.85. The summed E-state index contributed by atoms with van der Waals surface area (Å²) in [7, 11) is -3.83. The van der Waals surface area contributed by atoms with Crippen LogP contribution in [-0.2, 0) is 26.2 Å². The largest absolute Gasteiger partial charge is 0.486 e. The van der Waals surface area contributed by atoms with E-state index in [9.17, 15) is 18.0 Å². The van der Waals surface area contributed by atoms with Crippen molar-refractivity contribution in [1.29, 1.82) is 0 Å². The van der Waals surface area contributed by atoms with Gasteiger partial charge in [0.1, 0.15) is 25.8 Å². The fraction of sp³-hybridized carbons (Fsp3) is 0.440. The van der Waals surface area contributed by atoms with E-state index < -0.39 is 28.5 Å². The van der Waals surface area contributed by atoms with Crippen molar-refractivity contribution in [3.05, 3.63) is 52.5 Å². The van der Waals surface area contributed by atoms with E-state index in [4.69, 9.17) is 9.47 Å². The number of anilines is 1. The van der Waals surface area contributed by atoms with Crippen LogP contribution in [0.2, 0.25) is 0 Å².